The van der Waals surface area contributed by atoms with Gasteiger partial charge in [-0.25, -0.2) is 17.8 Å². The van der Waals surface area contributed by atoms with Crippen molar-refractivity contribution in [3.63, 3.8) is 0 Å². The van der Waals surface area contributed by atoms with Gasteiger partial charge in [0, 0.05) is 18.2 Å². The highest BCUT2D eigenvalue weighted by Gasteiger charge is 2.28. The van der Waals surface area contributed by atoms with E-state index in [1.165, 1.54) is 40.7 Å². The maximum Gasteiger partial charge on any atom is 0.280 e. The van der Waals surface area contributed by atoms with Gasteiger partial charge in [0.25, 0.3) is 5.91 Å². The van der Waals surface area contributed by atoms with E-state index in [2.05, 4.69) is 10.1 Å². The fourth-order valence-electron chi connectivity index (χ4n) is 4.28. The number of carbonyl (C=O) groups is 1. The minimum absolute atomic E-state index is 0.0776. The minimum atomic E-state index is -3.85. The maximum absolute atomic E-state index is 13.9. The van der Waals surface area contributed by atoms with Crippen LogP contribution in [0.5, 0.6) is 0 Å². The first-order chi connectivity index (χ1) is 20.1. The van der Waals surface area contributed by atoms with Crippen LogP contribution in [0, 0.1) is 12.7 Å². The number of benzene rings is 4. The van der Waals surface area contributed by atoms with Crippen molar-refractivity contribution in [3.8, 4) is 0 Å². The van der Waals surface area contributed by atoms with Crippen LogP contribution in [0.25, 0.3) is 10.2 Å². The predicted molar refractivity (Wildman–Crippen MR) is 166 cm³/mol. The number of halogens is 1. The van der Waals surface area contributed by atoms with Crippen molar-refractivity contribution in [2.75, 3.05) is 5.01 Å². The highest BCUT2D eigenvalue weighted by Crippen LogP contribution is 2.31. The summed E-state index contributed by atoms with van der Waals surface area (Å²) in [5, 5.41) is 5.86. The molecule has 0 radical (unpaired) electrons. The van der Waals surface area contributed by atoms with E-state index in [1.54, 1.807) is 12.3 Å². The largest absolute Gasteiger partial charge is 0.280 e. The molecule has 0 aliphatic rings. The summed E-state index contributed by atoms with van der Waals surface area (Å²) in [5.41, 5.74) is 3.50. The van der Waals surface area contributed by atoms with Crippen LogP contribution in [0.4, 0.5) is 9.52 Å². The highest BCUT2D eigenvalue weighted by atomic mass is 32.2. The molecule has 10 heteroatoms. The Morgan fingerprint density at radius 2 is 1.67 bits per heavy atom. The van der Waals surface area contributed by atoms with Crippen LogP contribution < -0.4 is 5.01 Å². The van der Waals surface area contributed by atoms with E-state index in [9.17, 15) is 17.6 Å². The summed E-state index contributed by atoms with van der Waals surface area (Å²) in [5.74, 6) is -0.912. The van der Waals surface area contributed by atoms with E-state index in [4.69, 9.17) is 0 Å². The summed E-state index contributed by atoms with van der Waals surface area (Å²) in [4.78, 5) is 18.3. The van der Waals surface area contributed by atoms with Gasteiger partial charge in [-0.05, 0) is 74.4 Å². The number of thiazole rings is 1. The number of carbonyl (C=O) groups excluding carboxylic acids is 1. The number of aryl methyl sites for hydroxylation is 1. The molecule has 0 spiro atoms. The Labute approximate surface area is 248 Å². The number of anilines is 1. The summed E-state index contributed by atoms with van der Waals surface area (Å²) in [6, 6.07) is 26.8. The summed E-state index contributed by atoms with van der Waals surface area (Å²) < 4.78 is 43.0. The SMILES string of the molecule is Cc1ccc(/C=N/N(C(=O)c2ccc(S(=O)(=O)N(Cc3ccccc3)C(C)C)cc2)c2nc3ccc(F)cc3s2)cc1. The molecule has 1 amide bonds. The number of fused-ring (bicyclic) bond motifs is 1. The smallest absolute Gasteiger partial charge is 0.267 e. The minimum Gasteiger partial charge on any atom is -0.267 e. The molecule has 1 heterocycles. The molecule has 0 aliphatic carbocycles. The van der Waals surface area contributed by atoms with Crippen molar-refractivity contribution >= 4 is 48.8 Å². The highest BCUT2D eigenvalue weighted by molar-refractivity contribution is 7.89. The molecule has 0 unspecified atom stereocenters. The number of aromatic nitrogens is 1. The zero-order chi connectivity index (χ0) is 29.9. The normalized spacial score (nSPS) is 12.0. The van der Waals surface area contributed by atoms with Crippen LogP contribution in [-0.2, 0) is 16.6 Å². The topological polar surface area (TPSA) is 82.9 Å². The molecule has 5 rings (SSSR count). The zero-order valence-corrected chi connectivity index (χ0v) is 24.9. The lowest BCUT2D eigenvalue weighted by Gasteiger charge is -2.26. The fraction of sp³-hybridized carbons (Fsp3) is 0.156. The van der Waals surface area contributed by atoms with Crippen molar-refractivity contribution < 1.29 is 17.6 Å². The number of hydrazone groups is 1. The third-order valence-electron chi connectivity index (χ3n) is 6.58. The lowest BCUT2D eigenvalue weighted by Crippen LogP contribution is -2.36. The molecule has 0 fully saturated rings. The van der Waals surface area contributed by atoms with Gasteiger partial charge in [0.15, 0.2) is 0 Å². The van der Waals surface area contributed by atoms with Gasteiger partial charge in [-0.15, -0.1) is 0 Å². The van der Waals surface area contributed by atoms with Crippen molar-refractivity contribution in [2.45, 2.75) is 38.3 Å². The summed E-state index contributed by atoms with van der Waals surface area (Å²) in [6.07, 6.45) is 1.55. The standard InChI is InChI=1S/C32H29FN4O3S2/c1-22(2)36(21-25-7-5-4-6-8-25)42(39,40)28-16-13-26(14-17-28)31(38)37(34-20-24-11-9-23(3)10-12-24)32-35-29-18-15-27(33)19-30(29)41-32/h4-20,22H,21H2,1-3H3/b34-20+. The molecule has 7 nitrogen and oxygen atoms in total. The summed E-state index contributed by atoms with van der Waals surface area (Å²) in [7, 11) is -3.85. The van der Waals surface area contributed by atoms with E-state index in [0.29, 0.717) is 10.2 Å². The van der Waals surface area contributed by atoms with Gasteiger partial charge in [0.05, 0.1) is 21.3 Å². The van der Waals surface area contributed by atoms with Crippen molar-refractivity contribution in [2.24, 2.45) is 5.10 Å². The summed E-state index contributed by atoms with van der Waals surface area (Å²) in [6.45, 7) is 5.85. The quantitative estimate of drug-likeness (QED) is 0.134. The second kappa shape index (κ2) is 12.3. The van der Waals surface area contributed by atoms with Gasteiger partial charge in [-0.1, -0.05) is 71.5 Å². The molecule has 5 aromatic rings. The van der Waals surface area contributed by atoms with Gasteiger partial charge in [0.1, 0.15) is 5.82 Å². The second-order valence-electron chi connectivity index (χ2n) is 10.0. The Kier molecular flexibility index (Phi) is 8.58. The predicted octanol–water partition coefficient (Wildman–Crippen LogP) is 7.02. The molecule has 0 atom stereocenters. The van der Waals surface area contributed by atoms with E-state index in [1.807, 2.05) is 75.4 Å². The van der Waals surface area contributed by atoms with E-state index in [-0.39, 0.29) is 28.2 Å². The Hall–Kier alpha value is -4.25. The molecule has 1 aromatic heterocycles. The molecule has 4 aromatic carbocycles. The number of hydrogen-bond acceptors (Lipinski definition) is 6. The molecule has 0 bridgehead atoms. The molecule has 0 saturated heterocycles. The van der Waals surface area contributed by atoms with Gasteiger partial charge in [-0.3, -0.25) is 4.79 Å². The first-order valence-corrected chi connectivity index (χ1v) is 15.5. The average Bonchev–Trinajstić information content (AvgIpc) is 3.40. The zero-order valence-electron chi connectivity index (χ0n) is 23.3. The number of hydrogen-bond donors (Lipinski definition) is 0. The van der Waals surface area contributed by atoms with Crippen molar-refractivity contribution in [1.82, 2.24) is 9.29 Å². The van der Waals surface area contributed by atoms with E-state index in [0.717, 1.165) is 33.0 Å². The lowest BCUT2D eigenvalue weighted by molar-refractivity contribution is 0.0987. The third kappa shape index (κ3) is 6.46. The number of amides is 1. The Morgan fingerprint density at radius 1 is 0.976 bits per heavy atom. The third-order valence-corrected chi connectivity index (χ3v) is 9.61. The van der Waals surface area contributed by atoms with Crippen LogP contribution in [0.3, 0.4) is 0 Å². The van der Waals surface area contributed by atoms with E-state index < -0.39 is 21.7 Å². The molecular weight excluding hydrogens is 572 g/mol. The monoisotopic (exact) mass is 600 g/mol. The first kappa shape index (κ1) is 29.2. The van der Waals surface area contributed by atoms with Gasteiger partial charge < -0.3 is 0 Å². The van der Waals surface area contributed by atoms with Gasteiger partial charge in [0.2, 0.25) is 15.2 Å². The number of rotatable bonds is 9. The number of sulfonamides is 1. The van der Waals surface area contributed by atoms with Gasteiger partial charge in [-0.2, -0.15) is 14.4 Å². The Morgan fingerprint density at radius 3 is 2.33 bits per heavy atom. The van der Waals surface area contributed by atoms with Crippen molar-refractivity contribution in [1.29, 1.82) is 0 Å². The van der Waals surface area contributed by atoms with E-state index >= 15 is 0 Å². The lowest BCUT2D eigenvalue weighted by atomic mass is 10.2. The average molecular weight is 601 g/mol. The van der Waals surface area contributed by atoms with Crippen LogP contribution in [0.1, 0.15) is 40.9 Å². The van der Waals surface area contributed by atoms with Crippen LogP contribution in [-0.4, -0.2) is 35.9 Å². The fourth-order valence-corrected chi connectivity index (χ4v) is 6.85. The Balaban J connectivity index is 1.46. The number of nitrogens with zero attached hydrogens (tertiary/aromatic N) is 4. The van der Waals surface area contributed by atoms with Crippen molar-refractivity contribution in [3.05, 3.63) is 125 Å². The van der Waals surface area contributed by atoms with Crippen LogP contribution >= 0.6 is 11.3 Å². The Bertz CT molecular complexity index is 1840. The second-order valence-corrected chi connectivity index (χ2v) is 12.9. The maximum atomic E-state index is 13.9. The molecule has 0 aliphatic heterocycles. The van der Waals surface area contributed by atoms with Crippen LogP contribution in [0.2, 0.25) is 0 Å². The van der Waals surface area contributed by atoms with Crippen LogP contribution in [0.15, 0.2) is 107 Å². The first-order valence-electron chi connectivity index (χ1n) is 13.3. The van der Waals surface area contributed by atoms with Gasteiger partial charge >= 0.3 is 0 Å². The summed E-state index contributed by atoms with van der Waals surface area (Å²) >= 11 is 1.13. The molecule has 0 saturated carbocycles. The molecular formula is C32H29FN4O3S2. The molecule has 214 valence electrons. The molecule has 0 N–H and O–H groups in total. The molecule has 42 heavy (non-hydrogen) atoms.